The Morgan fingerprint density at radius 1 is 1.59 bits per heavy atom. The molecule has 0 bridgehead atoms. The van der Waals surface area contributed by atoms with Gasteiger partial charge in [0.2, 0.25) is 0 Å². The van der Waals surface area contributed by atoms with Crippen molar-refractivity contribution in [3.63, 3.8) is 0 Å². The monoisotopic (exact) mass is 253 g/mol. The van der Waals surface area contributed by atoms with E-state index < -0.39 is 0 Å². The molecule has 0 radical (unpaired) electrons. The zero-order valence-corrected chi connectivity index (χ0v) is 11.4. The van der Waals surface area contributed by atoms with Gasteiger partial charge in [-0.15, -0.1) is 0 Å². The van der Waals surface area contributed by atoms with Gasteiger partial charge in [0.25, 0.3) is 5.56 Å². The summed E-state index contributed by atoms with van der Waals surface area (Å²) in [4.78, 5) is 16.2. The van der Waals surface area contributed by atoms with Crippen LogP contribution in [0.5, 0.6) is 0 Å². The highest BCUT2D eigenvalue weighted by Gasteiger charge is 2.25. The Balaban J connectivity index is 2.11. The fraction of sp³-hybridized carbons (Fsp3) is 0.667. The van der Waals surface area contributed by atoms with Crippen molar-refractivity contribution >= 4 is 17.6 Å². The fourth-order valence-electron chi connectivity index (χ4n) is 1.56. The van der Waals surface area contributed by atoms with E-state index in [0.29, 0.717) is 11.9 Å². The number of nitrogens with one attached hydrogen (secondary N) is 1. The fourth-order valence-corrected chi connectivity index (χ4v) is 1.77. The number of nitrogens with zero attached hydrogens (tertiary/aromatic N) is 2. The van der Waals surface area contributed by atoms with E-state index in [1.807, 2.05) is 0 Å². The lowest BCUT2D eigenvalue weighted by atomic mass is 10.2. The molecule has 1 aliphatic carbocycles. The Labute approximate surface area is 106 Å². The van der Waals surface area contributed by atoms with Gasteiger partial charge in [-0.05, 0) is 32.9 Å². The quantitative estimate of drug-likeness (QED) is 0.873. The highest BCUT2D eigenvalue weighted by atomic mass is 32.2. The van der Waals surface area contributed by atoms with Crippen LogP contribution in [0.3, 0.4) is 0 Å². The van der Waals surface area contributed by atoms with Crippen molar-refractivity contribution in [1.82, 2.24) is 9.55 Å². The van der Waals surface area contributed by atoms with Crippen molar-refractivity contribution in [3.05, 3.63) is 22.7 Å². The zero-order valence-electron chi connectivity index (χ0n) is 10.6. The molecule has 0 aromatic carbocycles. The van der Waals surface area contributed by atoms with Crippen molar-refractivity contribution in [3.8, 4) is 0 Å². The SMILES string of the molecule is CSC(C)(C)CNc1nccn(C2CC2)c1=O. The summed E-state index contributed by atoms with van der Waals surface area (Å²) in [5.74, 6) is 0.474. The van der Waals surface area contributed by atoms with Crippen LogP contribution in [-0.2, 0) is 0 Å². The molecule has 1 heterocycles. The minimum atomic E-state index is 0.00639. The Kier molecular flexibility index (Phi) is 3.47. The van der Waals surface area contributed by atoms with Crippen molar-refractivity contribution in [1.29, 1.82) is 0 Å². The lowest BCUT2D eigenvalue weighted by molar-refractivity contribution is 0.693. The summed E-state index contributed by atoms with van der Waals surface area (Å²) in [6.07, 6.45) is 7.78. The van der Waals surface area contributed by atoms with Gasteiger partial charge in [-0.2, -0.15) is 11.8 Å². The highest BCUT2D eigenvalue weighted by molar-refractivity contribution is 7.99. The molecule has 2 rings (SSSR count). The molecular formula is C12H19N3OS. The average molecular weight is 253 g/mol. The standard InChI is InChI=1S/C12H19N3OS/c1-12(2,17-3)8-14-10-11(16)15(7-6-13-10)9-4-5-9/h6-7,9H,4-5,8H2,1-3H3,(H,13,14). The molecule has 0 unspecified atom stereocenters. The summed E-state index contributed by atoms with van der Waals surface area (Å²) >= 11 is 1.78. The maximum absolute atomic E-state index is 12.1. The maximum atomic E-state index is 12.1. The van der Waals surface area contributed by atoms with Crippen LogP contribution in [0.25, 0.3) is 0 Å². The molecule has 0 aliphatic heterocycles. The van der Waals surface area contributed by atoms with Gasteiger partial charge in [0.1, 0.15) is 0 Å². The summed E-state index contributed by atoms with van der Waals surface area (Å²) in [5.41, 5.74) is 0.00639. The first kappa shape index (κ1) is 12.5. The Morgan fingerprint density at radius 3 is 2.88 bits per heavy atom. The van der Waals surface area contributed by atoms with E-state index in [9.17, 15) is 4.79 Å². The molecule has 0 saturated heterocycles. The topological polar surface area (TPSA) is 46.9 Å². The van der Waals surface area contributed by atoms with Crippen LogP contribution in [0, 0.1) is 0 Å². The summed E-state index contributed by atoms with van der Waals surface area (Å²) in [5, 5.41) is 3.16. The molecular weight excluding hydrogens is 234 g/mol. The molecule has 1 aliphatic rings. The van der Waals surface area contributed by atoms with E-state index in [2.05, 4.69) is 30.4 Å². The molecule has 0 atom stereocenters. The van der Waals surface area contributed by atoms with E-state index >= 15 is 0 Å². The van der Waals surface area contributed by atoms with Crippen molar-refractivity contribution in [2.75, 3.05) is 18.1 Å². The second-order valence-electron chi connectivity index (χ2n) is 5.04. The van der Waals surface area contributed by atoms with Crippen molar-refractivity contribution in [2.45, 2.75) is 37.5 Å². The lowest BCUT2D eigenvalue weighted by Gasteiger charge is -2.22. The first-order valence-corrected chi connectivity index (χ1v) is 7.12. The Bertz CT molecular complexity index is 451. The molecule has 1 aromatic rings. The molecule has 17 heavy (non-hydrogen) atoms. The van der Waals surface area contributed by atoms with E-state index in [0.717, 1.165) is 19.4 Å². The summed E-state index contributed by atoms with van der Waals surface area (Å²) < 4.78 is 1.90. The number of rotatable bonds is 5. The maximum Gasteiger partial charge on any atom is 0.293 e. The predicted octanol–water partition coefficient (Wildman–Crippen LogP) is 2.13. The van der Waals surface area contributed by atoms with Crippen molar-refractivity contribution in [2.24, 2.45) is 0 Å². The van der Waals surface area contributed by atoms with E-state index in [4.69, 9.17) is 0 Å². The number of aromatic nitrogens is 2. The molecule has 1 aromatic heterocycles. The van der Waals surface area contributed by atoms with Crippen LogP contribution in [0.1, 0.15) is 32.7 Å². The van der Waals surface area contributed by atoms with Gasteiger partial charge >= 0.3 is 0 Å². The van der Waals surface area contributed by atoms with Crippen LogP contribution in [0.2, 0.25) is 0 Å². The summed E-state index contributed by atoms with van der Waals surface area (Å²) in [6.45, 7) is 5.03. The van der Waals surface area contributed by atoms with Crippen molar-refractivity contribution < 1.29 is 0 Å². The van der Waals surface area contributed by atoms with E-state index in [1.165, 1.54) is 0 Å². The Morgan fingerprint density at radius 2 is 2.29 bits per heavy atom. The molecule has 94 valence electrons. The normalized spacial score (nSPS) is 15.9. The number of thioether (sulfide) groups is 1. The molecule has 1 saturated carbocycles. The first-order valence-electron chi connectivity index (χ1n) is 5.90. The lowest BCUT2D eigenvalue weighted by Crippen LogP contribution is -2.30. The molecule has 1 fully saturated rings. The van der Waals surface area contributed by atoms with Crippen LogP contribution in [0.4, 0.5) is 5.82 Å². The number of hydrogen-bond acceptors (Lipinski definition) is 4. The van der Waals surface area contributed by atoms with Gasteiger partial charge in [-0.3, -0.25) is 4.79 Å². The first-order chi connectivity index (χ1) is 8.03. The summed E-state index contributed by atoms with van der Waals surface area (Å²) in [7, 11) is 0. The third-order valence-corrected chi connectivity index (χ3v) is 4.29. The third kappa shape index (κ3) is 3.03. The van der Waals surface area contributed by atoms with Gasteiger partial charge in [0, 0.05) is 29.7 Å². The zero-order chi connectivity index (χ0) is 12.5. The van der Waals surface area contributed by atoms with Gasteiger partial charge in [-0.1, -0.05) is 0 Å². The second kappa shape index (κ2) is 4.72. The number of anilines is 1. The number of hydrogen-bond donors (Lipinski definition) is 1. The van der Waals surface area contributed by atoms with E-state index in [1.54, 1.807) is 28.7 Å². The summed E-state index contributed by atoms with van der Waals surface area (Å²) in [6, 6.07) is 0.402. The minimum absolute atomic E-state index is 0.00639. The van der Waals surface area contributed by atoms with Gasteiger partial charge < -0.3 is 9.88 Å². The predicted molar refractivity (Wildman–Crippen MR) is 72.9 cm³/mol. The molecule has 0 spiro atoms. The van der Waals surface area contributed by atoms with Crippen LogP contribution in [0.15, 0.2) is 17.2 Å². The third-order valence-electron chi connectivity index (χ3n) is 3.04. The van der Waals surface area contributed by atoms with Gasteiger partial charge in [-0.25, -0.2) is 4.98 Å². The van der Waals surface area contributed by atoms with Gasteiger partial charge in [0.05, 0.1) is 0 Å². The van der Waals surface area contributed by atoms with E-state index in [-0.39, 0.29) is 10.3 Å². The largest absolute Gasteiger partial charge is 0.364 e. The van der Waals surface area contributed by atoms with Gasteiger partial charge in [0.15, 0.2) is 5.82 Å². The molecule has 0 amide bonds. The molecule has 4 nitrogen and oxygen atoms in total. The smallest absolute Gasteiger partial charge is 0.293 e. The van der Waals surface area contributed by atoms with Crippen LogP contribution < -0.4 is 10.9 Å². The Hall–Kier alpha value is -0.970. The second-order valence-corrected chi connectivity index (χ2v) is 6.55. The van der Waals surface area contributed by atoms with Crippen LogP contribution in [-0.4, -0.2) is 27.1 Å². The molecule has 5 heteroatoms. The minimum Gasteiger partial charge on any atom is -0.364 e. The average Bonchev–Trinajstić information content (AvgIpc) is 3.12. The van der Waals surface area contributed by atoms with Crippen LogP contribution >= 0.6 is 11.8 Å². The molecule has 1 N–H and O–H groups in total. The highest BCUT2D eigenvalue weighted by Crippen LogP contribution is 2.33.